The maximum atomic E-state index is 13.9. The van der Waals surface area contributed by atoms with Crippen LogP contribution in [0.3, 0.4) is 0 Å². The molecule has 0 amide bonds. The number of aromatic hydroxyl groups is 1. The summed E-state index contributed by atoms with van der Waals surface area (Å²) in [5, 5.41) is 18.9. The van der Waals surface area contributed by atoms with E-state index >= 15 is 0 Å². The topological polar surface area (TPSA) is 91.7 Å². The SMILES string of the molecule is CS(=O)(=O)c1c(F)cc(C2(C(=O)O)CCC2)c(O)c1F. The minimum absolute atomic E-state index is 0.132. The van der Waals surface area contributed by atoms with E-state index in [0.717, 1.165) is 0 Å². The third-order valence-electron chi connectivity index (χ3n) is 3.65. The monoisotopic (exact) mass is 306 g/mol. The summed E-state index contributed by atoms with van der Waals surface area (Å²) >= 11 is 0. The van der Waals surface area contributed by atoms with Crippen LogP contribution >= 0.6 is 0 Å². The van der Waals surface area contributed by atoms with Crippen molar-refractivity contribution >= 4 is 15.8 Å². The van der Waals surface area contributed by atoms with Crippen molar-refractivity contribution in [3.63, 3.8) is 0 Å². The van der Waals surface area contributed by atoms with Crippen LogP contribution in [0.15, 0.2) is 11.0 Å². The molecular weight excluding hydrogens is 294 g/mol. The summed E-state index contributed by atoms with van der Waals surface area (Å²) < 4.78 is 50.3. The van der Waals surface area contributed by atoms with Crippen LogP contribution in [0.4, 0.5) is 8.78 Å². The van der Waals surface area contributed by atoms with Gasteiger partial charge in [-0.1, -0.05) is 6.42 Å². The Bertz CT molecular complexity index is 692. The lowest BCUT2D eigenvalue weighted by Gasteiger charge is -2.38. The largest absolute Gasteiger partial charge is 0.505 e. The van der Waals surface area contributed by atoms with Gasteiger partial charge in [0.05, 0.1) is 5.41 Å². The molecule has 1 aromatic carbocycles. The number of hydrogen-bond donors (Lipinski definition) is 2. The molecule has 0 aliphatic heterocycles. The number of sulfone groups is 1. The number of phenolic OH excluding ortho intramolecular Hbond substituents is 1. The van der Waals surface area contributed by atoms with Gasteiger partial charge in [-0.15, -0.1) is 0 Å². The van der Waals surface area contributed by atoms with Crippen LogP contribution in [0, 0.1) is 11.6 Å². The molecule has 0 heterocycles. The Balaban J connectivity index is 2.74. The first kappa shape index (κ1) is 14.7. The molecule has 1 fully saturated rings. The molecule has 0 aromatic heterocycles. The zero-order valence-electron chi connectivity index (χ0n) is 10.5. The second kappa shape index (κ2) is 4.41. The Morgan fingerprint density at radius 3 is 2.25 bits per heavy atom. The van der Waals surface area contributed by atoms with E-state index in [4.69, 9.17) is 0 Å². The molecule has 1 aliphatic rings. The lowest BCUT2D eigenvalue weighted by Crippen LogP contribution is -2.42. The van der Waals surface area contributed by atoms with E-state index in [9.17, 15) is 32.2 Å². The molecule has 2 rings (SSSR count). The zero-order chi connectivity index (χ0) is 15.3. The fraction of sp³-hybridized carbons (Fsp3) is 0.417. The van der Waals surface area contributed by atoms with Gasteiger partial charge < -0.3 is 10.2 Å². The molecule has 0 unspecified atom stereocenters. The molecule has 8 heteroatoms. The number of phenols is 1. The normalized spacial score (nSPS) is 17.6. The van der Waals surface area contributed by atoms with E-state index in [1.165, 1.54) is 0 Å². The maximum absolute atomic E-state index is 13.9. The minimum atomic E-state index is -4.22. The molecule has 0 atom stereocenters. The quantitative estimate of drug-likeness (QED) is 0.884. The predicted octanol–water partition coefficient (Wildman–Crippen LogP) is 1.58. The molecular formula is C12H12F2O5S. The van der Waals surface area contributed by atoms with Crippen LogP contribution in [-0.2, 0) is 20.0 Å². The molecule has 5 nitrogen and oxygen atoms in total. The summed E-state index contributed by atoms with van der Waals surface area (Å²) in [6.07, 6.45) is 1.41. The summed E-state index contributed by atoms with van der Waals surface area (Å²) in [5.74, 6) is -5.46. The van der Waals surface area contributed by atoms with Gasteiger partial charge in [0.25, 0.3) is 0 Å². The van der Waals surface area contributed by atoms with Crippen molar-refractivity contribution < 1.29 is 32.2 Å². The Kier molecular flexibility index (Phi) is 3.24. The number of aliphatic carboxylic acids is 1. The third kappa shape index (κ3) is 1.94. The molecule has 0 radical (unpaired) electrons. The first-order valence-corrected chi connectivity index (χ1v) is 7.65. The third-order valence-corrected chi connectivity index (χ3v) is 4.77. The van der Waals surface area contributed by atoms with Gasteiger partial charge in [0.15, 0.2) is 21.4 Å². The highest BCUT2D eigenvalue weighted by Gasteiger charge is 2.49. The molecule has 0 bridgehead atoms. The van der Waals surface area contributed by atoms with Crippen molar-refractivity contribution in [1.82, 2.24) is 0 Å². The number of carbonyl (C=O) groups is 1. The number of carboxylic acid groups (broad SMARTS) is 1. The highest BCUT2D eigenvalue weighted by molar-refractivity contribution is 7.90. The lowest BCUT2D eigenvalue weighted by molar-refractivity contribution is -0.147. The number of benzene rings is 1. The van der Waals surface area contributed by atoms with Gasteiger partial charge in [0, 0.05) is 11.8 Å². The Hall–Kier alpha value is -1.70. The second-order valence-corrected chi connectivity index (χ2v) is 6.86. The average molecular weight is 306 g/mol. The fourth-order valence-electron chi connectivity index (χ4n) is 2.42. The summed E-state index contributed by atoms with van der Waals surface area (Å²) in [6.45, 7) is 0. The van der Waals surface area contributed by atoms with Crippen LogP contribution in [-0.4, -0.2) is 30.9 Å². The molecule has 1 saturated carbocycles. The second-order valence-electron chi connectivity index (χ2n) is 4.91. The van der Waals surface area contributed by atoms with E-state index in [-0.39, 0.29) is 12.8 Å². The lowest BCUT2D eigenvalue weighted by atomic mass is 9.64. The summed E-state index contributed by atoms with van der Waals surface area (Å²) in [7, 11) is -4.22. The molecule has 0 spiro atoms. The minimum Gasteiger partial charge on any atom is -0.505 e. The van der Waals surface area contributed by atoms with E-state index in [0.29, 0.717) is 18.7 Å². The van der Waals surface area contributed by atoms with Crippen molar-refractivity contribution in [2.45, 2.75) is 29.6 Å². The van der Waals surface area contributed by atoms with Gasteiger partial charge in [0.2, 0.25) is 0 Å². The van der Waals surface area contributed by atoms with Crippen molar-refractivity contribution in [3.05, 3.63) is 23.3 Å². The fourth-order valence-corrected chi connectivity index (χ4v) is 3.26. The maximum Gasteiger partial charge on any atom is 0.314 e. The molecule has 20 heavy (non-hydrogen) atoms. The Morgan fingerprint density at radius 1 is 1.35 bits per heavy atom. The van der Waals surface area contributed by atoms with Gasteiger partial charge in [-0.05, 0) is 18.9 Å². The van der Waals surface area contributed by atoms with Crippen LogP contribution in [0.5, 0.6) is 5.75 Å². The summed E-state index contributed by atoms with van der Waals surface area (Å²) in [5.41, 5.74) is -1.97. The highest BCUT2D eigenvalue weighted by Crippen LogP contribution is 2.48. The predicted molar refractivity (Wildman–Crippen MR) is 64.3 cm³/mol. The Labute approximate surface area is 113 Å². The summed E-state index contributed by atoms with van der Waals surface area (Å²) in [4.78, 5) is 10.0. The summed E-state index contributed by atoms with van der Waals surface area (Å²) in [6, 6.07) is 0.599. The van der Waals surface area contributed by atoms with Gasteiger partial charge in [-0.2, -0.15) is 0 Å². The van der Waals surface area contributed by atoms with Crippen LogP contribution in [0.1, 0.15) is 24.8 Å². The molecule has 1 aliphatic carbocycles. The first-order chi connectivity index (χ1) is 9.11. The molecule has 2 N–H and O–H groups in total. The highest BCUT2D eigenvalue weighted by atomic mass is 32.2. The zero-order valence-corrected chi connectivity index (χ0v) is 11.3. The van der Waals surface area contributed by atoms with E-state index in [1.807, 2.05) is 0 Å². The first-order valence-electron chi connectivity index (χ1n) is 5.76. The Morgan fingerprint density at radius 2 is 1.90 bits per heavy atom. The van der Waals surface area contributed by atoms with Crippen molar-refractivity contribution in [2.24, 2.45) is 0 Å². The van der Waals surface area contributed by atoms with Gasteiger partial charge >= 0.3 is 5.97 Å². The van der Waals surface area contributed by atoms with Gasteiger partial charge in [-0.3, -0.25) is 4.79 Å². The van der Waals surface area contributed by atoms with Gasteiger partial charge in [-0.25, -0.2) is 17.2 Å². The van der Waals surface area contributed by atoms with Crippen molar-refractivity contribution in [3.8, 4) is 5.75 Å². The van der Waals surface area contributed by atoms with Crippen LogP contribution < -0.4 is 0 Å². The van der Waals surface area contributed by atoms with E-state index in [1.54, 1.807) is 0 Å². The van der Waals surface area contributed by atoms with Gasteiger partial charge in [0.1, 0.15) is 10.7 Å². The van der Waals surface area contributed by atoms with Crippen molar-refractivity contribution in [2.75, 3.05) is 6.26 Å². The number of rotatable bonds is 3. The smallest absolute Gasteiger partial charge is 0.314 e. The molecule has 0 saturated heterocycles. The molecule has 1 aromatic rings. The number of carboxylic acids is 1. The van der Waals surface area contributed by atoms with E-state index < -0.39 is 49.1 Å². The molecule has 110 valence electrons. The number of hydrogen-bond acceptors (Lipinski definition) is 4. The van der Waals surface area contributed by atoms with Crippen LogP contribution in [0.2, 0.25) is 0 Å². The van der Waals surface area contributed by atoms with Crippen molar-refractivity contribution in [1.29, 1.82) is 0 Å². The average Bonchev–Trinajstić information content (AvgIpc) is 2.20. The number of halogens is 2. The standard InChI is InChI=1S/C12H12F2O5S/c1-20(18,19)10-7(13)5-6(9(15)8(10)14)12(11(16)17)3-2-4-12/h5,15H,2-4H2,1H3,(H,16,17). The van der Waals surface area contributed by atoms with E-state index in [2.05, 4.69) is 0 Å². The van der Waals surface area contributed by atoms with Crippen LogP contribution in [0.25, 0.3) is 0 Å².